The molecule has 0 spiro atoms. The number of rotatable bonds is 4. The lowest BCUT2D eigenvalue weighted by atomic mass is 10.1. The van der Waals surface area contributed by atoms with Crippen molar-refractivity contribution in [2.75, 3.05) is 0 Å². The van der Waals surface area contributed by atoms with Crippen molar-refractivity contribution in [2.45, 2.75) is 13.0 Å². The van der Waals surface area contributed by atoms with Gasteiger partial charge in [0.1, 0.15) is 11.5 Å². The van der Waals surface area contributed by atoms with Crippen LogP contribution in [0.1, 0.15) is 18.5 Å². The molecule has 0 radical (unpaired) electrons. The number of hydrogen-bond acceptors (Lipinski definition) is 4. The molecule has 0 aliphatic rings. The second kappa shape index (κ2) is 6.43. The third kappa shape index (κ3) is 3.72. The molecule has 0 bridgehead atoms. The first-order valence-corrected chi connectivity index (χ1v) is 7.22. The Hall–Kier alpha value is -1.63. The molecule has 110 valence electrons. The van der Waals surface area contributed by atoms with E-state index in [-0.39, 0.29) is 16.8 Å². The van der Waals surface area contributed by atoms with Crippen molar-refractivity contribution in [1.29, 1.82) is 0 Å². The zero-order chi connectivity index (χ0) is 15.6. The van der Waals surface area contributed by atoms with Crippen molar-refractivity contribution in [1.82, 2.24) is 0 Å². The second-order valence-corrected chi connectivity index (χ2v) is 5.71. The minimum absolute atomic E-state index is 0.0845. The zero-order valence-corrected chi connectivity index (χ0v) is 13.4. The van der Waals surface area contributed by atoms with Crippen molar-refractivity contribution in [2.24, 2.45) is 5.73 Å². The number of nitro benzene ring substituents is 1. The molecular formula is C14H12BrClN2O3. The van der Waals surface area contributed by atoms with E-state index >= 15 is 0 Å². The van der Waals surface area contributed by atoms with Crippen LogP contribution in [-0.2, 0) is 0 Å². The van der Waals surface area contributed by atoms with Gasteiger partial charge in [-0.2, -0.15) is 0 Å². The van der Waals surface area contributed by atoms with Gasteiger partial charge in [-0.25, -0.2) is 0 Å². The van der Waals surface area contributed by atoms with Crippen LogP contribution < -0.4 is 10.5 Å². The van der Waals surface area contributed by atoms with Crippen molar-refractivity contribution in [3.63, 3.8) is 0 Å². The Morgan fingerprint density at radius 2 is 1.95 bits per heavy atom. The molecule has 0 saturated carbocycles. The van der Waals surface area contributed by atoms with E-state index in [1.807, 2.05) is 19.1 Å². The minimum atomic E-state index is -0.511. The van der Waals surface area contributed by atoms with Crippen molar-refractivity contribution < 1.29 is 9.66 Å². The molecule has 2 aromatic rings. The van der Waals surface area contributed by atoms with Gasteiger partial charge in [0, 0.05) is 18.2 Å². The Morgan fingerprint density at radius 3 is 2.48 bits per heavy atom. The quantitative estimate of drug-likeness (QED) is 0.617. The molecule has 0 amide bonds. The maximum absolute atomic E-state index is 10.7. The van der Waals surface area contributed by atoms with Crippen molar-refractivity contribution in [3.05, 3.63) is 61.6 Å². The van der Waals surface area contributed by atoms with Crippen LogP contribution in [0.25, 0.3) is 0 Å². The number of benzene rings is 2. The lowest BCUT2D eigenvalue weighted by molar-refractivity contribution is -0.384. The third-order valence-electron chi connectivity index (χ3n) is 2.83. The van der Waals surface area contributed by atoms with Gasteiger partial charge in [-0.1, -0.05) is 17.7 Å². The highest BCUT2D eigenvalue weighted by Crippen LogP contribution is 2.36. The van der Waals surface area contributed by atoms with Crippen LogP contribution in [0, 0.1) is 10.1 Å². The first-order chi connectivity index (χ1) is 9.88. The van der Waals surface area contributed by atoms with Gasteiger partial charge < -0.3 is 10.5 Å². The summed E-state index contributed by atoms with van der Waals surface area (Å²) >= 11 is 9.40. The summed E-state index contributed by atoms with van der Waals surface area (Å²) in [7, 11) is 0. The first-order valence-electron chi connectivity index (χ1n) is 6.05. The highest BCUT2D eigenvalue weighted by Gasteiger charge is 2.12. The normalized spacial score (nSPS) is 12.0. The van der Waals surface area contributed by atoms with Crippen LogP contribution >= 0.6 is 27.5 Å². The number of ether oxygens (including phenoxy) is 1. The molecule has 0 fully saturated rings. The fourth-order valence-corrected chi connectivity index (χ4v) is 2.38. The number of nitrogens with zero attached hydrogens (tertiary/aromatic N) is 1. The van der Waals surface area contributed by atoms with Crippen LogP contribution in [0.4, 0.5) is 5.69 Å². The molecule has 2 rings (SSSR count). The van der Waals surface area contributed by atoms with Crippen LogP contribution in [0.5, 0.6) is 11.5 Å². The number of non-ortho nitro benzene ring substituents is 1. The SMILES string of the molecule is CC(N)c1ccc(Oc2ccc([N+](=O)[O-])cc2Cl)c(Br)c1. The highest BCUT2D eigenvalue weighted by atomic mass is 79.9. The van der Waals surface area contributed by atoms with Crippen molar-refractivity contribution in [3.8, 4) is 11.5 Å². The summed E-state index contributed by atoms with van der Waals surface area (Å²) < 4.78 is 6.40. The molecule has 0 aliphatic carbocycles. The fraction of sp³-hybridized carbons (Fsp3) is 0.143. The number of halogens is 2. The Kier molecular flexibility index (Phi) is 4.82. The molecule has 0 heterocycles. The molecule has 0 aromatic heterocycles. The molecule has 0 aliphatic heterocycles. The number of hydrogen-bond donors (Lipinski definition) is 1. The van der Waals surface area contributed by atoms with Gasteiger partial charge in [0.2, 0.25) is 0 Å². The standard InChI is InChI=1S/C14H12BrClN2O3/c1-8(17)9-2-4-13(11(15)6-9)21-14-5-3-10(18(19)20)7-12(14)16/h2-8H,17H2,1H3. The van der Waals surface area contributed by atoms with Gasteiger partial charge in [0.25, 0.3) is 5.69 Å². The van der Waals surface area contributed by atoms with Crippen LogP contribution in [0.3, 0.4) is 0 Å². The smallest absolute Gasteiger partial charge is 0.271 e. The lowest BCUT2D eigenvalue weighted by Gasteiger charge is -2.12. The van der Waals surface area contributed by atoms with Crippen molar-refractivity contribution >= 4 is 33.2 Å². The third-order valence-corrected chi connectivity index (χ3v) is 3.74. The molecule has 21 heavy (non-hydrogen) atoms. The summed E-state index contributed by atoms with van der Waals surface area (Å²) in [4.78, 5) is 10.2. The lowest BCUT2D eigenvalue weighted by Crippen LogP contribution is -2.04. The van der Waals surface area contributed by atoms with E-state index < -0.39 is 4.92 Å². The van der Waals surface area contributed by atoms with Crippen LogP contribution in [0.15, 0.2) is 40.9 Å². The van der Waals surface area contributed by atoms with E-state index in [0.29, 0.717) is 11.5 Å². The molecule has 7 heteroatoms. The molecule has 2 N–H and O–H groups in total. The van der Waals surface area contributed by atoms with Crippen LogP contribution in [0.2, 0.25) is 5.02 Å². The summed E-state index contributed by atoms with van der Waals surface area (Å²) in [5, 5.41) is 10.8. The van der Waals surface area contributed by atoms with E-state index in [9.17, 15) is 10.1 Å². The molecule has 5 nitrogen and oxygen atoms in total. The Bertz CT molecular complexity index is 692. The number of nitro groups is 1. The van der Waals surface area contributed by atoms with E-state index in [4.69, 9.17) is 22.1 Å². The van der Waals surface area contributed by atoms with Gasteiger partial charge in [0.15, 0.2) is 0 Å². The molecule has 0 saturated heterocycles. The predicted molar refractivity (Wildman–Crippen MR) is 84.9 cm³/mol. The van der Waals surface area contributed by atoms with E-state index in [0.717, 1.165) is 10.0 Å². The average Bonchev–Trinajstić information content (AvgIpc) is 2.42. The number of nitrogens with two attached hydrogens (primary N) is 1. The van der Waals surface area contributed by atoms with E-state index in [1.54, 1.807) is 6.07 Å². The van der Waals surface area contributed by atoms with E-state index in [1.165, 1.54) is 18.2 Å². The summed E-state index contributed by atoms with van der Waals surface area (Å²) in [6.07, 6.45) is 0. The van der Waals surface area contributed by atoms with E-state index in [2.05, 4.69) is 15.9 Å². The van der Waals surface area contributed by atoms with Gasteiger partial charge >= 0.3 is 0 Å². The Balaban J connectivity index is 2.28. The summed E-state index contributed by atoms with van der Waals surface area (Å²) in [6.45, 7) is 1.88. The summed E-state index contributed by atoms with van der Waals surface area (Å²) in [5.41, 5.74) is 6.69. The monoisotopic (exact) mass is 370 g/mol. The second-order valence-electron chi connectivity index (χ2n) is 4.45. The maximum atomic E-state index is 10.7. The Labute approximate surface area is 134 Å². The highest BCUT2D eigenvalue weighted by molar-refractivity contribution is 9.10. The molecule has 2 aromatic carbocycles. The van der Waals surface area contributed by atoms with Gasteiger partial charge in [-0.15, -0.1) is 0 Å². The van der Waals surface area contributed by atoms with Gasteiger partial charge in [-0.05, 0) is 46.6 Å². The fourth-order valence-electron chi connectivity index (χ4n) is 1.69. The maximum Gasteiger partial charge on any atom is 0.271 e. The largest absolute Gasteiger partial charge is 0.455 e. The molecular weight excluding hydrogens is 360 g/mol. The minimum Gasteiger partial charge on any atom is -0.455 e. The average molecular weight is 372 g/mol. The zero-order valence-electron chi connectivity index (χ0n) is 11.0. The topological polar surface area (TPSA) is 78.4 Å². The molecule has 1 unspecified atom stereocenters. The summed E-state index contributed by atoms with van der Waals surface area (Å²) in [6, 6.07) is 9.45. The first kappa shape index (κ1) is 15.8. The Morgan fingerprint density at radius 1 is 1.29 bits per heavy atom. The van der Waals surface area contributed by atoms with Gasteiger partial charge in [-0.3, -0.25) is 10.1 Å². The van der Waals surface area contributed by atoms with Crippen LogP contribution in [-0.4, -0.2) is 4.92 Å². The molecule has 1 atom stereocenters. The predicted octanol–water partition coefficient (Wildman–Crippen LogP) is 4.82. The van der Waals surface area contributed by atoms with Gasteiger partial charge in [0.05, 0.1) is 14.4 Å². The summed E-state index contributed by atoms with van der Waals surface area (Å²) in [5.74, 6) is 0.895.